The lowest BCUT2D eigenvalue weighted by Gasteiger charge is -2.19. The van der Waals surface area contributed by atoms with Gasteiger partial charge in [-0.1, -0.05) is 45.8 Å². The molecule has 31 heavy (non-hydrogen) atoms. The molecule has 2 aromatic rings. The summed E-state index contributed by atoms with van der Waals surface area (Å²) in [5.74, 6) is 1.12. The Labute approximate surface area is 191 Å². The Morgan fingerprint density at radius 2 is 1.94 bits per heavy atom. The number of aliphatic imine (C=N–C) groups is 1. The highest BCUT2D eigenvalue weighted by Crippen LogP contribution is 2.39. The Morgan fingerprint density at radius 3 is 2.68 bits per heavy atom. The number of hydrogen-bond acceptors (Lipinski definition) is 4. The molecule has 2 aromatic carbocycles. The van der Waals surface area contributed by atoms with Gasteiger partial charge in [0.05, 0.1) is 31.0 Å². The summed E-state index contributed by atoms with van der Waals surface area (Å²) in [6, 6.07) is 11.9. The third kappa shape index (κ3) is 4.69. The van der Waals surface area contributed by atoms with E-state index >= 15 is 0 Å². The minimum Gasteiger partial charge on any atom is -0.493 e. The van der Waals surface area contributed by atoms with E-state index in [9.17, 15) is 4.79 Å². The van der Waals surface area contributed by atoms with Crippen molar-refractivity contribution in [2.45, 2.75) is 38.6 Å². The quantitative estimate of drug-likeness (QED) is 0.346. The average Bonchev–Trinajstić information content (AvgIpc) is 3.16. The van der Waals surface area contributed by atoms with E-state index < -0.39 is 0 Å². The maximum atomic E-state index is 13.4. The number of nitrogens with zero attached hydrogens (tertiary/aromatic N) is 2. The molecule has 2 heterocycles. The number of ether oxygens (including phenoxy) is 2. The number of alkyl halides is 1. The molecule has 1 atom stereocenters. The fourth-order valence-electron chi connectivity index (χ4n) is 3.89. The lowest BCUT2D eigenvalue weighted by Crippen LogP contribution is -2.32. The highest BCUT2D eigenvalue weighted by atomic mass is 79.9. The van der Waals surface area contributed by atoms with Gasteiger partial charge in [-0.05, 0) is 43.4 Å². The van der Waals surface area contributed by atoms with E-state index in [1.165, 1.54) is 5.56 Å². The first-order valence-corrected chi connectivity index (χ1v) is 11.8. The topological polar surface area (TPSA) is 51.1 Å². The number of unbranched alkanes of at least 4 members (excludes halogenated alkanes) is 2. The number of amides is 1. The molecule has 0 radical (unpaired) electrons. The van der Waals surface area contributed by atoms with Gasteiger partial charge in [-0.25, -0.2) is 0 Å². The first kappa shape index (κ1) is 21.6. The number of fused-ring (bicyclic) bond motifs is 2. The second-order valence-electron chi connectivity index (χ2n) is 7.90. The number of benzene rings is 2. The second-order valence-corrected chi connectivity index (χ2v) is 8.69. The van der Waals surface area contributed by atoms with E-state index in [0.29, 0.717) is 29.4 Å². The fourth-order valence-corrected chi connectivity index (χ4v) is 4.29. The van der Waals surface area contributed by atoms with E-state index in [1.54, 1.807) is 18.1 Å². The highest BCUT2D eigenvalue weighted by Gasteiger charge is 2.33. The number of aryl methyl sites for hydroxylation is 1. The molecule has 1 amide bonds. The second kappa shape index (κ2) is 9.69. The molecule has 2 aliphatic heterocycles. The Bertz CT molecular complexity index is 1010. The molecule has 0 saturated carbocycles. The van der Waals surface area contributed by atoms with Gasteiger partial charge < -0.3 is 14.4 Å². The first-order chi connectivity index (χ1) is 15.1. The van der Waals surface area contributed by atoms with Crippen LogP contribution in [0.3, 0.4) is 0 Å². The van der Waals surface area contributed by atoms with Gasteiger partial charge in [0.1, 0.15) is 0 Å². The van der Waals surface area contributed by atoms with E-state index in [0.717, 1.165) is 42.1 Å². The summed E-state index contributed by atoms with van der Waals surface area (Å²) in [4.78, 5) is 19.8. The van der Waals surface area contributed by atoms with Crippen LogP contribution >= 0.6 is 15.9 Å². The molecule has 162 valence electrons. The van der Waals surface area contributed by atoms with Crippen LogP contribution in [0.1, 0.15) is 47.2 Å². The van der Waals surface area contributed by atoms with Crippen LogP contribution in [0.5, 0.6) is 11.5 Å². The van der Waals surface area contributed by atoms with Gasteiger partial charge >= 0.3 is 0 Å². The SMILES string of the molecule is COc1cc2c(cc1OCCCCCBr)N=C[C@@H]1CC(c3ccc(C)cc3)=CN1C2=O. The largest absolute Gasteiger partial charge is 0.493 e. The lowest BCUT2D eigenvalue weighted by atomic mass is 10.0. The molecule has 0 aromatic heterocycles. The van der Waals surface area contributed by atoms with Crippen molar-refractivity contribution >= 4 is 39.3 Å². The Balaban J connectivity index is 1.57. The monoisotopic (exact) mass is 482 g/mol. The maximum Gasteiger partial charge on any atom is 0.260 e. The lowest BCUT2D eigenvalue weighted by molar-refractivity contribution is 0.0817. The summed E-state index contributed by atoms with van der Waals surface area (Å²) < 4.78 is 11.5. The van der Waals surface area contributed by atoms with Crippen molar-refractivity contribution in [1.29, 1.82) is 0 Å². The Kier molecular flexibility index (Phi) is 6.76. The third-order valence-corrected chi connectivity index (χ3v) is 6.23. The fraction of sp³-hybridized carbons (Fsp3) is 0.360. The van der Waals surface area contributed by atoms with Crippen LogP contribution in [0, 0.1) is 6.92 Å². The van der Waals surface area contributed by atoms with Crippen molar-refractivity contribution in [2.75, 3.05) is 19.0 Å². The van der Waals surface area contributed by atoms with E-state index in [4.69, 9.17) is 9.47 Å². The number of carbonyl (C=O) groups is 1. The third-order valence-electron chi connectivity index (χ3n) is 5.67. The zero-order chi connectivity index (χ0) is 21.8. The predicted molar refractivity (Wildman–Crippen MR) is 128 cm³/mol. The van der Waals surface area contributed by atoms with E-state index in [2.05, 4.69) is 52.1 Å². The smallest absolute Gasteiger partial charge is 0.260 e. The maximum absolute atomic E-state index is 13.4. The summed E-state index contributed by atoms with van der Waals surface area (Å²) in [5.41, 5.74) is 4.66. The highest BCUT2D eigenvalue weighted by molar-refractivity contribution is 9.09. The molecule has 0 spiro atoms. The van der Waals surface area contributed by atoms with Crippen LogP contribution in [0.2, 0.25) is 0 Å². The van der Waals surface area contributed by atoms with Gasteiger partial charge in [-0.2, -0.15) is 0 Å². The summed E-state index contributed by atoms with van der Waals surface area (Å²) >= 11 is 3.45. The van der Waals surface area contributed by atoms with Gasteiger partial charge in [0, 0.05) is 30.2 Å². The normalized spacial score (nSPS) is 17.1. The van der Waals surface area contributed by atoms with E-state index in [1.807, 2.05) is 18.5 Å². The summed E-state index contributed by atoms with van der Waals surface area (Å²) in [5, 5.41) is 1.00. The van der Waals surface area contributed by atoms with Crippen LogP contribution < -0.4 is 9.47 Å². The minimum atomic E-state index is -0.0872. The van der Waals surface area contributed by atoms with Crippen LogP contribution in [-0.2, 0) is 0 Å². The summed E-state index contributed by atoms with van der Waals surface area (Å²) in [7, 11) is 1.60. The number of hydrogen-bond donors (Lipinski definition) is 0. The first-order valence-electron chi connectivity index (χ1n) is 10.7. The number of halogens is 1. The summed E-state index contributed by atoms with van der Waals surface area (Å²) in [6.45, 7) is 2.68. The van der Waals surface area contributed by atoms with Crippen LogP contribution in [0.4, 0.5) is 5.69 Å². The van der Waals surface area contributed by atoms with E-state index in [-0.39, 0.29) is 11.9 Å². The predicted octanol–water partition coefficient (Wildman–Crippen LogP) is 5.92. The number of rotatable bonds is 8. The summed E-state index contributed by atoms with van der Waals surface area (Å²) in [6.07, 6.45) is 7.77. The van der Waals surface area contributed by atoms with Crippen molar-refractivity contribution in [3.8, 4) is 11.5 Å². The molecule has 0 bridgehead atoms. The standard InChI is InChI=1S/C25H27BrN2O3/c1-17-6-8-18(9-7-17)19-12-20-15-27-22-14-24(31-11-5-3-4-10-26)23(30-2)13-21(22)25(29)28(20)16-19/h6-9,13-16,20H,3-5,10-12H2,1-2H3/t20-/m0/s1. The zero-order valence-electron chi connectivity index (χ0n) is 17.9. The van der Waals surface area contributed by atoms with Crippen LogP contribution in [0.25, 0.3) is 5.57 Å². The Morgan fingerprint density at radius 1 is 1.13 bits per heavy atom. The average molecular weight is 483 g/mol. The van der Waals surface area contributed by atoms with Crippen molar-refractivity contribution in [3.63, 3.8) is 0 Å². The molecule has 2 aliphatic rings. The van der Waals surface area contributed by atoms with Gasteiger partial charge in [0.2, 0.25) is 0 Å². The molecule has 0 fully saturated rings. The van der Waals surface area contributed by atoms with Crippen molar-refractivity contribution in [1.82, 2.24) is 4.90 Å². The molecule has 5 nitrogen and oxygen atoms in total. The van der Waals surface area contributed by atoms with Crippen LogP contribution in [-0.4, -0.2) is 42.1 Å². The minimum absolute atomic E-state index is 0.0678. The molecular weight excluding hydrogens is 456 g/mol. The molecule has 0 aliphatic carbocycles. The Hall–Kier alpha value is -2.60. The van der Waals surface area contributed by atoms with Crippen molar-refractivity contribution < 1.29 is 14.3 Å². The van der Waals surface area contributed by atoms with Gasteiger partial charge in [0.15, 0.2) is 11.5 Å². The van der Waals surface area contributed by atoms with Gasteiger partial charge in [0.25, 0.3) is 5.91 Å². The van der Waals surface area contributed by atoms with Gasteiger partial charge in [-0.3, -0.25) is 9.79 Å². The van der Waals surface area contributed by atoms with Crippen molar-refractivity contribution in [3.05, 3.63) is 59.3 Å². The van der Waals surface area contributed by atoms with Crippen molar-refractivity contribution in [2.24, 2.45) is 4.99 Å². The zero-order valence-corrected chi connectivity index (χ0v) is 19.5. The molecular formula is C25H27BrN2O3. The number of methoxy groups -OCH3 is 1. The molecule has 6 heteroatoms. The molecule has 0 unspecified atom stereocenters. The van der Waals surface area contributed by atoms with Crippen LogP contribution in [0.15, 0.2) is 47.6 Å². The molecule has 0 N–H and O–H groups in total. The molecule has 0 saturated heterocycles. The molecule has 4 rings (SSSR count). The number of carbonyl (C=O) groups excluding carboxylic acids is 1. The van der Waals surface area contributed by atoms with Gasteiger partial charge in [-0.15, -0.1) is 0 Å².